The number of rotatable bonds is 3. The van der Waals surface area contributed by atoms with Gasteiger partial charge in [0.05, 0.1) is 42.6 Å². The Morgan fingerprint density at radius 2 is 1.88 bits per heavy atom. The Morgan fingerprint density at radius 3 is 2.60 bits per heavy atom. The molecule has 3 N–H and O–H groups in total. The predicted octanol–water partition coefficient (Wildman–Crippen LogP) is -1.08. The molecule has 5 rings (SSSR count). The van der Waals surface area contributed by atoms with Crippen LogP contribution < -0.4 is 5.32 Å². The average Bonchev–Trinajstić information content (AvgIpc) is 3.39. The molecule has 15 heteroatoms. The molecule has 12 nitrogen and oxygen atoms in total. The first-order valence-electron chi connectivity index (χ1n) is 13.2. The number of likely N-dealkylation sites (tertiary alicyclic amines) is 1. The minimum Gasteiger partial charge on any atom is -0.388 e. The molecule has 0 radical (unpaired) electrons. The number of nitrogens with zero attached hydrogens (tertiary/aromatic N) is 3. The Bertz CT molecular complexity index is 1240. The second-order valence-corrected chi connectivity index (χ2v) is 13.3. The number of hydrogen-bond acceptors (Lipinski definition) is 9. The van der Waals surface area contributed by atoms with Crippen LogP contribution in [0.4, 0.5) is 4.39 Å². The highest BCUT2D eigenvalue weighted by atomic mass is 35.5. The van der Waals surface area contributed by atoms with Crippen molar-refractivity contribution in [3.63, 3.8) is 0 Å². The minimum absolute atomic E-state index is 0.00790. The summed E-state index contributed by atoms with van der Waals surface area (Å²) in [5.41, 5.74) is 0.615. The summed E-state index contributed by atoms with van der Waals surface area (Å²) in [6, 6.07) is 3.43. The van der Waals surface area contributed by atoms with Gasteiger partial charge in [-0.1, -0.05) is 17.7 Å². The molecule has 0 unspecified atom stereocenters. The maximum absolute atomic E-state index is 14.1. The van der Waals surface area contributed by atoms with Gasteiger partial charge in [0.25, 0.3) is 0 Å². The summed E-state index contributed by atoms with van der Waals surface area (Å²) in [4.78, 5) is 30.2. The highest BCUT2D eigenvalue weighted by Crippen LogP contribution is 2.28. The van der Waals surface area contributed by atoms with Crippen LogP contribution in [0.25, 0.3) is 0 Å². The van der Waals surface area contributed by atoms with E-state index in [9.17, 15) is 32.6 Å². The Balaban J connectivity index is 1.43. The third-order valence-electron chi connectivity index (χ3n) is 7.98. The quantitative estimate of drug-likeness (QED) is 0.392. The van der Waals surface area contributed by atoms with Gasteiger partial charge in [-0.15, -0.1) is 0 Å². The highest BCUT2D eigenvalue weighted by molar-refractivity contribution is 7.88. The molecular formula is C25H34ClFN4O8S. The van der Waals surface area contributed by atoms with Crippen molar-refractivity contribution in [3.8, 4) is 0 Å². The molecule has 1 aromatic carbocycles. The van der Waals surface area contributed by atoms with Crippen molar-refractivity contribution in [1.82, 2.24) is 19.4 Å². The first-order valence-corrected chi connectivity index (χ1v) is 15.5. The number of carbonyl (C=O) groups is 2. The molecule has 40 heavy (non-hydrogen) atoms. The lowest BCUT2D eigenvalue weighted by Crippen LogP contribution is -2.55. The highest BCUT2D eigenvalue weighted by Gasteiger charge is 2.46. The van der Waals surface area contributed by atoms with Gasteiger partial charge in [0.2, 0.25) is 21.8 Å². The predicted molar refractivity (Wildman–Crippen MR) is 140 cm³/mol. The number of morpholine rings is 1. The Kier molecular flexibility index (Phi) is 8.70. The number of carbonyl (C=O) groups excluding carboxylic acids is 2. The number of fused-ring (bicyclic) bond motifs is 6. The molecule has 0 spiro atoms. The van der Waals surface area contributed by atoms with Crippen LogP contribution in [0.15, 0.2) is 18.2 Å². The van der Waals surface area contributed by atoms with E-state index in [0.29, 0.717) is 25.1 Å². The summed E-state index contributed by atoms with van der Waals surface area (Å²) < 4.78 is 52.1. The number of sulfonamides is 1. The van der Waals surface area contributed by atoms with Crippen molar-refractivity contribution >= 4 is 33.4 Å². The fraction of sp³-hybridized carbons (Fsp3) is 0.680. The summed E-state index contributed by atoms with van der Waals surface area (Å²) >= 11 is 5.83. The Labute approximate surface area is 237 Å². The van der Waals surface area contributed by atoms with Crippen molar-refractivity contribution in [2.45, 2.75) is 62.0 Å². The number of nitrogens with one attached hydrogen (secondary N) is 1. The normalized spacial score (nSPS) is 34.7. The number of hydrogen-bond donors (Lipinski definition) is 3. The van der Waals surface area contributed by atoms with E-state index in [1.54, 1.807) is 11.0 Å². The maximum atomic E-state index is 14.1. The summed E-state index contributed by atoms with van der Waals surface area (Å²) in [6.45, 7) is 0.876. The van der Waals surface area contributed by atoms with Gasteiger partial charge in [-0.2, -0.15) is 4.31 Å². The molecule has 0 aromatic heterocycles. The zero-order chi connectivity index (χ0) is 28.8. The van der Waals surface area contributed by atoms with Crippen molar-refractivity contribution in [2.24, 2.45) is 0 Å². The molecule has 0 aliphatic carbocycles. The van der Waals surface area contributed by atoms with Gasteiger partial charge >= 0.3 is 0 Å². The van der Waals surface area contributed by atoms with Crippen LogP contribution in [0.1, 0.15) is 18.4 Å². The molecule has 2 amide bonds. The number of aliphatic hydroxyl groups excluding tert-OH is 2. The molecule has 4 aliphatic heterocycles. The van der Waals surface area contributed by atoms with Crippen LogP contribution in [0.3, 0.4) is 0 Å². The molecule has 0 saturated carbocycles. The molecule has 4 fully saturated rings. The van der Waals surface area contributed by atoms with E-state index in [0.717, 1.165) is 10.6 Å². The molecule has 4 saturated heterocycles. The number of ether oxygens (including phenoxy) is 2. The largest absolute Gasteiger partial charge is 0.388 e. The molecule has 222 valence electrons. The molecule has 7 atom stereocenters. The molecule has 4 heterocycles. The third-order valence-corrected chi connectivity index (χ3v) is 9.52. The lowest BCUT2D eigenvalue weighted by molar-refractivity contribution is -0.144. The number of halogens is 2. The van der Waals surface area contributed by atoms with Crippen LogP contribution in [0.5, 0.6) is 0 Å². The van der Waals surface area contributed by atoms with Gasteiger partial charge < -0.3 is 29.9 Å². The fourth-order valence-corrected chi connectivity index (χ4v) is 6.91. The lowest BCUT2D eigenvalue weighted by atomic mass is 10.0. The van der Waals surface area contributed by atoms with Crippen molar-refractivity contribution in [1.29, 1.82) is 0 Å². The average molecular weight is 605 g/mol. The summed E-state index contributed by atoms with van der Waals surface area (Å²) in [7, 11) is -3.78. The molecule has 1 aromatic rings. The van der Waals surface area contributed by atoms with Crippen LogP contribution in [0.2, 0.25) is 5.02 Å². The zero-order valence-corrected chi connectivity index (χ0v) is 23.6. The van der Waals surface area contributed by atoms with Gasteiger partial charge in [0.15, 0.2) is 0 Å². The molecular weight excluding hydrogens is 571 g/mol. The van der Waals surface area contributed by atoms with Gasteiger partial charge in [-0.3, -0.25) is 14.5 Å². The van der Waals surface area contributed by atoms with E-state index >= 15 is 0 Å². The summed E-state index contributed by atoms with van der Waals surface area (Å²) in [5.74, 6) is -1.20. The van der Waals surface area contributed by atoms with Crippen LogP contribution in [-0.2, 0) is 35.6 Å². The topological polar surface area (TPSA) is 149 Å². The van der Waals surface area contributed by atoms with E-state index in [4.69, 9.17) is 21.1 Å². The zero-order valence-electron chi connectivity index (χ0n) is 22.0. The number of aliphatic hydroxyl groups is 2. The standard InChI is InChI=1S/C25H34ClFN4O8S/c1-40(36,37)31-12-16-11-29(4-5-38-16)25(35)19-7-15(10-30(19)9-14-2-3-17(26)18(27)6-14)28-22(32)8-20-23(33)24(34)21(13-31)39-20/h2-3,6,15-16,19-21,23-24,33-34H,4-5,7-13H2,1H3,(H,28,32)/t15-,16-,19-,20-,21+,23-,24+/m0/s1. The van der Waals surface area contributed by atoms with Gasteiger partial charge in [0, 0.05) is 45.3 Å². The fourth-order valence-electron chi connectivity index (χ4n) is 5.94. The van der Waals surface area contributed by atoms with Crippen molar-refractivity contribution in [3.05, 3.63) is 34.6 Å². The SMILES string of the molecule is CS(=O)(=O)N1C[C@@H]2CN(CCO2)C(=O)[C@@H]2C[C@@H](CN2Cc2ccc(Cl)c(F)c2)NC(=O)C[C@@H]2O[C@H](C1)[C@@H](O)[C@H]2O. The lowest BCUT2D eigenvalue weighted by Gasteiger charge is -2.38. The van der Waals surface area contributed by atoms with Crippen molar-refractivity contribution in [2.75, 3.05) is 45.6 Å². The summed E-state index contributed by atoms with van der Waals surface area (Å²) in [6.07, 6.45) is -4.44. The van der Waals surface area contributed by atoms with E-state index < -0.39 is 64.4 Å². The van der Waals surface area contributed by atoms with Gasteiger partial charge in [0.1, 0.15) is 24.1 Å². The Morgan fingerprint density at radius 1 is 1.12 bits per heavy atom. The van der Waals surface area contributed by atoms with Gasteiger partial charge in [-0.05, 0) is 24.1 Å². The maximum Gasteiger partial charge on any atom is 0.240 e. The minimum atomic E-state index is -3.78. The molecule has 4 aliphatic rings. The van der Waals surface area contributed by atoms with E-state index in [1.807, 2.05) is 4.90 Å². The van der Waals surface area contributed by atoms with Crippen LogP contribution >= 0.6 is 11.6 Å². The second-order valence-electron chi connectivity index (χ2n) is 10.9. The van der Waals surface area contributed by atoms with Crippen LogP contribution in [-0.4, -0.2) is 133 Å². The Hall–Kier alpha value is -1.91. The van der Waals surface area contributed by atoms with Crippen molar-refractivity contribution < 1.29 is 42.1 Å². The monoisotopic (exact) mass is 604 g/mol. The first kappa shape index (κ1) is 29.6. The van der Waals surface area contributed by atoms with E-state index in [2.05, 4.69) is 5.32 Å². The number of amides is 2. The molecule has 6 bridgehead atoms. The first-order chi connectivity index (χ1) is 18.9. The number of benzene rings is 1. The van der Waals surface area contributed by atoms with E-state index in [-0.39, 0.29) is 50.1 Å². The smallest absolute Gasteiger partial charge is 0.240 e. The second kappa shape index (κ2) is 11.8. The van der Waals surface area contributed by atoms with E-state index in [1.165, 1.54) is 12.1 Å². The van der Waals surface area contributed by atoms with Crippen LogP contribution in [0, 0.1) is 5.82 Å². The summed E-state index contributed by atoms with van der Waals surface area (Å²) in [5, 5.41) is 24.0. The van der Waals surface area contributed by atoms with Gasteiger partial charge in [-0.25, -0.2) is 12.8 Å². The third kappa shape index (κ3) is 6.44.